The number of halogens is 1. The van der Waals surface area contributed by atoms with Gasteiger partial charge in [0, 0.05) is 31.0 Å². The minimum atomic E-state index is 0. The number of nitrogens with two attached hydrogens (primary N) is 1. The molecule has 13 heavy (non-hydrogen) atoms. The minimum Gasteiger partial charge on any atom is -0.396 e. The maximum Gasteiger partial charge on any atom is 0.0445 e. The summed E-state index contributed by atoms with van der Waals surface area (Å²) in [5, 5.41) is 8.61. The fourth-order valence-electron chi connectivity index (χ4n) is 1.06. The molecule has 3 nitrogen and oxygen atoms in total. The molecular weight excluding hydrogens is 188 g/mol. The highest BCUT2D eigenvalue weighted by atomic mass is 35.5. The zero-order valence-corrected chi connectivity index (χ0v) is 8.20. The zero-order valence-electron chi connectivity index (χ0n) is 7.39. The summed E-state index contributed by atoms with van der Waals surface area (Å²) >= 11 is 0. The van der Waals surface area contributed by atoms with E-state index >= 15 is 0 Å². The number of rotatable bonds is 4. The van der Waals surface area contributed by atoms with Gasteiger partial charge in [-0.15, -0.1) is 12.4 Å². The van der Waals surface area contributed by atoms with Crippen LogP contribution < -0.4 is 5.73 Å². The molecule has 0 aliphatic carbocycles. The van der Waals surface area contributed by atoms with E-state index in [1.54, 1.807) is 6.20 Å². The first-order valence-electron chi connectivity index (χ1n) is 4.09. The Kier molecular flexibility index (Phi) is 6.49. The van der Waals surface area contributed by atoms with Crippen molar-refractivity contribution in [1.29, 1.82) is 0 Å². The zero-order chi connectivity index (χ0) is 8.81. The molecule has 0 fully saturated rings. The molecule has 1 atom stereocenters. The Hall–Kier alpha value is -0.640. The second-order valence-electron chi connectivity index (χ2n) is 2.80. The normalized spacial score (nSPS) is 11.8. The molecule has 1 aromatic heterocycles. The molecule has 74 valence electrons. The number of aliphatic hydroxyl groups is 1. The molecule has 0 saturated carbocycles. The Balaban J connectivity index is 0.00000144. The summed E-state index contributed by atoms with van der Waals surface area (Å²) in [5.41, 5.74) is 6.70. The maximum absolute atomic E-state index is 8.61. The van der Waals surface area contributed by atoms with E-state index in [-0.39, 0.29) is 25.1 Å². The molecule has 0 spiro atoms. The molecule has 4 heteroatoms. The van der Waals surface area contributed by atoms with Gasteiger partial charge in [0.15, 0.2) is 0 Å². The van der Waals surface area contributed by atoms with Gasteiger partial charge in [-0.3, -0.25) is 4.98 Å². The van der Waals surface area contributed by atoms with Gasteiger partial charge in [-0.2, -0.15) is 0 Å². The van der Waals surface area contributed by atoms with Crippen LogP contribution in [-0.2, 0) is 6.42 Å². The van der Waals surface area contributed by atoms with Crippen molar-refractivity contribution < 1.29 is 5.11 Å². The van der Waals surface area contributed by atoms with Crippen molar-refractivity contribution in [2.45, 2.75) is 18.9 Å². The molecule has 0 aliphatic heterocycles. The van der Waals surface area contributed by atoms with E-state index in [4.69, 9.17) is 10.8 Å². The molecule has 0 radical (unpaired) electrons. The van der Waals surface area contributed by atoms with E-state index in [1.807, 2.05) is 18.2 Å². The molecular formula is C9H15ClN2O. The van der Waals surface area contributed by atoms with Gasteiger partial charge in [0.1, 0.15) is 0 Å². The standard InChI is InChI=1S/C9H14N2O.ClH/c10-8(4-6-12)7-9-3-1-2-5-11-9;/h1-3,5,8,12H,4,6-7,10H2;1H/t8-;/m1./s1. The van der Waals surface area contributed by atoms with E-state index in [1.165, 1.54) is 0 Å². The SMILES string of the molecule is Cl.N[C@H](CCO)Cc1ccccn1. The van der Waals surface area contributed by atoms with Crippen LogP contribution in [0.25, 0.3) is 0 Å². The summed E-state index contributed by atoms with van der Waals surface area (Å²) in [5.74, 6) is 0. The second-order valence-corrected chi connectivity index (χ2v) is 2.80. The van der Waals surface area contributed by atoms with Crippen LogP contribution in [0.4, 0.5) is 0 Å². The lowest BCUT2D eigenvalue weighted by molar-refractivity contribution is 0.275. The third-order valence-corrected chi connectivity index (χ3v) is 1.70. The van der Waals surface area contributed by atoms with Crippen molar-refractivity contribution in [3.8, 4) is 0 Å². The lowest BCUT2D eigenvalue weighted by Gasteiger charge is -2.07. The van der Waals surface area contributed by atoms with Crippen molar-refractivity contribution in [3.05, 3.63) is 30.1 Å². The van der Waals surface area contributed by atoms with Crippen LogP contribution >= 0.6 is 12.4 Å². The monoisotopic (exact) mass is 202 g/mol. The summed E-state index contributed by atoms with van der Waals surface area (Å²) < 4.78 is 0. The van der Waals surface area contributed by atoms with Gasteiger partial charge in [-0.1, -0.05) is 6.07 Å². The topological polar surface area (TPSA) is 59.1 Å². The third-order valence-electron chi connectivity index (χ3n) is 1.70. The number of hydrogen-bond acceptors (Lipinski definition) is 3. The Labute approximate surface area is 84.4 Å². The van der Waals surface area contributed by atoms with Crippen LogP contribution in [-0.4, -0.2) is 22.7 Å². The summed E-state index contributed by atoms with van der Waals surface area (Å²) in [6.07, 6.45) is 3.12. The Morgan fingerprint density at radius 1 is 1.46 bits per heavy atom. The number of pyridine rings is 1. The van der Waals surface area contributed by atoms with Crippen molar-refractivity contribution in [1.82, 2.24) is 4.98 Å². The predicted molar refractivity (Wildman–Crippen MR) is 54.9 cm³/mol. The molecule has 1 rings (SSSR count). The second kappa shape index (κ2) is 6.83. The largest absolute Gasteiger partial charge is 0.396 e. The van der Waals surface area contributed by atoms with Crippen molar-refractivity contribution in [2.75, 3.05) is 6.61 Å². The summed E-state index contributed by atoms with van der Waals surface area (Å²) in [7, 11) is 0. The first-order chi connectivity index (χ1) is 5.83. The molecule has 1 aromatic rings. The van der Waals surface area contributed by atoms with Gasteiger partial charge < -0.3 is 10.8 Å². The maximum atomic E-state index is 8.61. The molecule has 3 N–H and O–H groups in total. The first-order valence-corrected chi connectivity index (χ1v) is 4.09. The molecule has 1 heterocycles. The minimum absolute atomic E-state index is 0. The van der Waals surface area contributed by atoms with Gasteiger partial charge >= 0.3 is 0 Å². The number of aliphatic hydroxyl groups excluding tert-OH is 1. The van der Waals surface area contributed by atoms with E-state index in [0.717, 1.165) is 12.1 Å². The van der Waals surface area contributed by atoms with Gasteiger partial charge in [0.2, 0.25) is 0 Å². The fourth-order valence-corrected chi connectivity index (χ4v) is 1.06. The van der Waals surface area contributed by atoms with Gasteiger partial charge in [0.05, 0.1) is 0 Å². The van der Waals surface area contributed by atoms with E-state index < -0.39 is 0 Å². The Morgan fingerprint density at radius 3 is 2.77 bits per heavy atom. The lowest BCUT2D eigenvalue weighted by atomic mass is 10.1. The number of aromatic nitrogens is 1. The highest BCUT2D eigenvalue weighted by molar-refractivity contribution is 5.85. The Bertz CT molecular complexity index is 218. The fraction of sp³-hybridized carbons (Fsp3) is 0.444. The molecule has 0 amide bonds. The van der Waals surface area contributed by atoms with E-state index in [0.29, 0.717) is 6.42 Å². The molecule has 0 aliphatic rings. The van der Waals surface area contributed by atoms with Crippen LogP contribution in [0, 0.1) is 0 Å². The van der Waals surface area contributed by atoms with Gasteiger partial charge in [-0.25, -0.2) is 0 Å². The molecule has 0 bridgehead atoms. The quantitative estimate of drug-likeness (QED) is 0.758. The average Bonchev–Trinajstić information content (AvgIpc) is 2.06. The van der Waals surface area contributed by atoms with Crippen molar-refractivity contribution in [3.63, 3.8) is 0 Å². The van der Waals surface area contributed by atoms with Crippen molar-refractivity contribution >= 4 is 12.4 Å². The third kappa shape index (κ3) is 4.83. The van der Waals surface area contributed by atoms with E-state index in [2.05, 4.69) is 4.98 Å². The highest BCUT2D eigenvalue weighted by Crippen LogP contribution is 1.99. The van der Waals surface area contributed by atoms with Crippen LogP contribution in [0.3, 0.4) is 0 Å². The summed E-state index contributed by atoms with van der Waals surface area (Å²) in [6.45, 7) is 0.147. The van der Waals surface area contributed by atoms with Gasteiger partial charge in [-0.05, 0) is 18.6 Å². The van der Waals surface area contributed by atoms with Crippen LogP contribution in [0.5, 0.6) is 0 Å². The molecule has 0 saturated heterocycles. The van der Waals surface area contributed by atoms with Gasteiger partial charge in [0.25, 0.3) is 0 Å². The number of nitrogens with zero attached hydrogens (tertiary/aromatic N) is 1. The van der Waals surface area contributed by atoms with Crippen LogP contribution in [0.1, 0.15) is 12.1 Å². The number of hydrogen-bond donors (Lipinski definition) is 2. The molecule has 0 unspecified atom stereocenters. The summed E-state index contributed by atoms with van der Waals surface area (Å²) in [6, 6.07) is 5.77. The van der Waals surface area contributed by atoms with Crippen molar-refractivity contribution in [2.24, 2.45) is 5.73 Å². The molecule has 0 aromatic carbocycles. The average molecular weight is 203 g/mol. The van der Waals surface area contributed by atoms with E-state index in [9.17, 15) is 0 Å². The van der Waals surface area contributed by atoms with Crippen LogP contribution in [0.15, 0.2) is 24.4 Å². The highest BCUT2D eigenvalue weighted by Gasteiger charge is 2.02. The summed E-state index contributed by atoms with van der Waals surface area (Å²) in [4.78, 5) is 4.14. The first kappa shape index (κ1) is 12.4. The smallest absolute Gasteiger partial charge is 0.0445 e. The Morgan fingerprint density at radius 2 is 2.23 bits per heavy atom. The lowest BCUT2D eigenvalue weighted by Crippen LogP contribution is -2.24. The predicted octanol–water partition coefficient (Wildman–Crippen LogP) is 0.756. The van der Waals surface area contributed by atoms with Crippen LogP contribution in [0.2, 0.25) is 0 Å².